The maximum Gasteiger partial charge on any atom is 0.333 e. The zero-order valence-electron chi connectivity index (χ0n) is 12.7. The Morgan fingerprint density at radius 3 is 2.86 bits per heavy atom. The lowest BCUT2D eigenvalue weighted by molar-refractivity contribution is -0.384. The zero-order chi connectivity index (χ0) is 15.4. The molecule has 7 nitrogen and oxygen atoms in total. The molecule has 0 aromatic carbocycles. The van der Waals surface area contributed by atoms with Crippen LogP contribution >= 0.6 is 0 Å². The van der Waals surface area contributed by atoms with Crippen LogP contribution in [-0.4, -0.2) is 32.5 Å². The maximum atomic E-state index is 11.1. The zero-order valence-corrected chi connectivity index (χ0v) is 12.7. The predicted molar refractivity (Wildman–Crippen MR) is 80.3 cm³/mol. The summed E-state index contributed by atoms with van der Waals surface area (Å²) in [6.07, 6.45) is 5.99. The largest absolute Gasteiger partial charge is 0.393 e. The van der Waals surface area contributed by atoms with Crippen molar-refractivity contribution in [1.29, 1.82) is 0 Å². The number of aryl methyl sites for hydroxylation is 2. The number of aliphatic hydroxyl groups is 1. The van der Waals surface area contributed by atoms with Gasteiger partial charge in [0.1, 0.15) is 5.69 Å². The number of hydrogen-bond acceptors (Lipinski definition) is 5. The molecule has 2 atom stereocenters. The molecule has 21 heavy (non-hydrogen) atoms. The Morgan fingerprint density at radius 1 is 1.48 bits per heavy atom. The third-order valence-corrected chi connectivity index (χ3v) is 4.29. The average Bonchev–Trinajstić information content (AvgIpc) is 2.71. The molecule has 1 aromatic heterocycles. The lowest BCUT2D eigenvalue weighted by Crippen LogP contribution is -2.24. The summed E-state index contributed by atoms with van der Waals surface area (Å²) in [4.78, 5) is 10.7. The van der Waals surface area contributed by atoms with Gasteiger partial charge in [0.2, 0.25) is 5.82 Å². The number of nitrogens with zero attached hydrogens (tertiary/aromatic N) is 3. The predicted octanol–water partition coefficient (Wildman–Crippen LogP) is 2.38. The molecule has 0 amide bonds. The second kappa shape index (κ2) is 6.89. The lowest BCUT2D eigenvalue weighted by atomic mass is 9.83. The Morgan fingerprint density at radius 2 is 2.19 bits per heavy atom. The van der Waals surface area contributed by atoms with Crippen LogP contribution < -0.4 is 5.32 Å². The van der Waals surface area contributed by atoms with Crippen molar-refractivity contribution >= 4 is 11.5 Å². The smallest absolute Gasteiger partial charge is 0.333 e. The van der Waals surface area contributed by atoms with Gasteiger partial charge in [-0.1, -0.05) is 12.8 Å². The molecule has 118 valence electrons. The highest BCUT2D eigenvalue weighted by molar-refractivity contribution is 5.59. The van der Waals surface area contributed by atoms with E-state index in [0.29, 0.717) is 24.0 Å². The summed E-state index contributed by atoms with van der Waals surface area (Å²) >= 11 is 0. The van der Waals surface area contributed by atoms with Crippen molar-refractivity contribution < 1.29 is 10.0 Å². The Bertz CT molecular complexity index is 501. The van der Waals surface area contributed by atoms with Gasteiger partial charge in [-0.15, -0.1) is 0 Å². The van der Waals surface area contributed by atoms with Crippen LogP contribution in [0.4, 0.5) is 11.5 Å². The molecule has 2 N–H and O–H groups in total. The molecule has 2 unspecified atom stereocenters. The highest BCUT2D eigenvalue weighted by Crippen LogP contribution is 2.29. The van der Waals surface area contributed by atoms with Crippen molar-refractivity contribution in [3.8, 4) is 0 Å². The second-order valence-corrected chi connectivity index (χ2v) is 5.84. The molecule has 1 heterocycles. The van der Waals surface area contributed by atoms with E-state index in [1.807, 2.05) is 0 Å². The summed E-state index contributed by atoms with van der Waals surface area (Å²) in [7, 11) is 1.70. The van der Waals surface area contributed by atoms with E-state index in [-0.39, 0.29) is 11.8 Å². The fourth-order valence-electron chi connectivity index (χ4n) is 3.16. The lowest BCUT2D eigenvalue weighted by Gasteiger charge is -2.27. The fraction of sp³-hybridized carbons (Fsp3) is 0.786. The molecule has 0 bridgehead atoms. The minimum atomic E-state index is -0.393. The van der Waals surface area contributed by atoms with Crippen molar-refractivity contribution in [2.75, 3.05) is 11.9 Å². The number of anilines is 1. The first-order valence-electron chi connectivity index (χ1n) is 7.60. The van der Waals surface area contributed by atoms with Crippen LogP contribution in [0, 0.1) is 23.0 Å². The summed E-state index contributed by atoms with van der Waals surface area (Å²) in [5.41, 5.74) is 0.475. The van der Waals surface area contributed by atoms with E-state index in [2.05, 4.69) is 10.4 Å². The van der Waals surface area contributed by atoms with E-state index in [9.17, 15) is 15.2 Å². The number of hydrogen-bond donors (Lipinski definition) is 2. The monoisotopic (exact) mass is 296 g/mol. The van der Waals surface area contributed by atoms with Crippen LogP contribution in [0.2, 0.25) is 0 Å². The van der Waals surface area contributed by atoms with Crippen LogP contribution in [0.5, 0.6) is 0 Å². The quantitative estimate of drug-likeness (QED) is 0.477. The first kappa shape index (κ1) is 15.8. The van der Waals surface area contributed by atoms with Gasteiger partial charge in [0.05, 0.1) is 11.0 Å². The van der Waals surface area contributed by atoms with Crippen LogP contribution in [0.25, 0.3) is 0 Å². The van der Waals surface area contributed by atoms with Crippen LogP contribution in [0.15, 0.2) is 0 Å². The van der Waals surface area contributed by atoms with E-state index in [1.165, 1.54) is 11.1 Å². The number of aromatic nitrogens is 2. The summed E-state index contributed by atoms with van der Waals surface area (Å²) in [5, 5.41) is 28.2. The Labute approximate surface area is 124 Å². The van der Waals surface area contributed by atoms with Crippen LogP contribution in [0.1, 0.15) is 44.2 Å². The summed E-state index contributed by atoms with van der Waals surface area (Å²) in [6, 6.07) is 0. The van der Waals surface area contributed by atoms with Crippen molar-refractivity contribution in [1.82, 2.24) is 9.78 Å². The summed E-state index contributed by atoms with van der Waals surface area (Å²) < 4.78 is 1.52. The topological polar surface area (TPSA) is 93.2 Å². The van der Waals surface area contributed by atoms with Crippen molar-refractivity contribution in [2.45, 2.75) is 51.6 Å². The standard InChI is InChI=1S/C14H24N4O3/c1-10-13(18(20)21)14(17(2)16-10)15-9-5-7-11-6-3-4-8-12(11)19/h11-12,15,19H,3-9H2,1-2H3. The highest BCUT2D eigenvalue weighted by atomic mass is 16.6. The van der Waals surface area contributed by atoms with Crippen LogP contribution in [-0.2, 0) is 7.05 Å². The van der Waals surface area contributed by atoms with Gasteiger partial charge in [0.25, 0.3) is 0 Å². The van der Waals surface area contributed by atoms with Gasteiger partial charge in [-0.05, 0) is 38.5 Å². The van der Waals surface area contributed by atoms with Gasteiger partial charge in [-0.2, -0.15) is 5.10 Å². The van der Waals surface area contributed by atoms with Gasteiger partial charge in [0.15, 0.2) is 0 Å². The number of nitro groups is 1. The minimum absolute atomic E-state index is 0.0511. The second-order valence-electron chi connectivity index (χ2n) is 5.84. The molecule has 0 saturated heterocycles. The minimum Gasteiger partial charge on any atom is -0.393 e. The summed E-state index contributed by atoms with van der Waals surface area (Å²) in [6.45, 7) is 2.30. The molecule has 1 saturated carbocycles. The van der Waals surface area contributed by atoms with Gasteiger partial charge in [-0.3, -0.25) is 10.1 Å². The average molecular weight is 296 g/mol. The van der Waals surface area contributed by atoms with E-state index in [1.54, 1.807) is 14.0 Å². The third-order valence-electron chi connectivity index (χ3n) is 4.29. The number of aliphatic hydroxyl groups excluding tert-OH is 1. The van der Waals surface area contributed by atoms with Gasteiger partial charge in [-0.25, -0.2) is 4.68 Å². The first-order chi connectivity index (χ1) is 10.0. The van der Waals surface area contributed by atoms with E-state index >= 15 is 0 Å². The normalized spacial score (nSPS) is 22.2. The third kappa shape index (κ3) is 3.72. The molecular formula is C14H24N4O3. The molecular weight excluding hydrogens is 272 g/mol. The molecule has 7 heteroatoms. The SMILES string of the molecule is Cc1nn(C)c(NCCCC2CCCCC2O)c1[N+](=O)[O-]. The molecule has 1 aliphatic rings. The Kier molecular flexibility index (Phi) is 5.17. The van der Waals surface area contributed by atoms with Gasteiger partial charge >= 0.3 is 5.69 Å². The molecule has 2 rings (SSSR count). The van der Waals surface area contributed by atoms with E-state index < -0.39 is 4.92 Å². The molecule has 1 fully saturated rings. The molecule has 0 aliphatic heterocycles. The highest BCUT2D eigenvalue weighted by Gasteiger charge is 2.24. The Balaban J connectivity index is 1.85. The van der Waals surface area contributed by atoms with Crippen LogP contribution in [0.3, 0.4) is 0 Å². The maximum absolute atomic E-state index is 11.1. The first-order valence-corrected chi connectivity index (χ1v) is 7.60. The molecule has 1 aliphatic carbocycles. The molecule has 1 aromatic rings. The Hall–Kier alpha value is -1.63. The van der Waals surface area contributed by atoms with Crippen molar-refractivity contribution in [3.63, 3.8) is 0 Å². The number of nitrogens with one attached hydrogen (secondary N) is 1. The fourth-order valence-corrected chi connectivity index (χ4v) is 3.16. The van der Waals surface area contributed by atoms with Crippen molar-refractivity contribution in [2.24, 2.45) is 13.0 Å². The number of rotatable bonds is 6. The summed E-state index contributed by atoms with van der Waals surface area (Å²) in [5.74, 6) is 0.838. The van der Waals surface area contributed by atoms with Gasteiger partial charge in [0, 0.05) is 13.6 Å². The van der Waals surface area contributed by atoms with Gasteiger partial charge < -0.3 is 10.4 Å². The molecule has 0 spiro atoms. The van der Waals surface area contributed by atoms with E-state index in [0.717, 1.165) is 32.1 Å². The van der Waals surface area contributed by atoms with E-state index in [4.69, 9.17) is 0 Å². The molecule has 0 radical (unpaired) electrons. The van der Waals surface area contributed by atoms with Crippen molar-refractivity contribution in [3.05, 3.63) is 15.8 Å².